The topological polar surface area (TPSA) is 61.8 Å². The van der Waals surface area contributed by atoms with Crippen LogP contribution in [0.15, 0.2) is 24.3 Å². The molecule has 1 heterocycles. The number of rotatable bonds is 4. The number of carbonyl (C=O) groups excluding carboxylic acids is 2. The van der Waals surface area contributed by atoms with Gasteiger partial charge in [-0.05, 0) is 46.0 Å². The molecule has 2 atom stereocenters. The monoisotopic (exact) mass is 358 g/mol. The summed E-state index contributed by atoms with van der Waals surface area (Å²) >= 11 is 0. The fourth-order valence-electron chi connectivity index (χ4n) is 3.71. The second-order valence-electron chi connectivity index (χ2n) is 8.24. The minimum Gasteiger partial charge on any atom is -0.469 e. The van der Waals surface area contributed by atoms with Gasteiger partial charge >= 0.3 is 13.1 Å². The first-order chi connectivity index (χ1) is 12.2. The van der Waals surface area contributed by atoms with Crippen molar-refractivity contribution in [2.24, 2.45) is 11.8 Å². The highest BCUT2D eigenvalue weighted by Gasteiger charge is 2.51. The summed E-state index contributed by atoms with van der Waals surface area (Å²) in [6.07, 6.45) is 2.33. The molecule has 3 rings (SSSR count). The Morgan fingerprint density at radius 2 is 1.54 bits per heavy atom. The van der Waals surface area contributed by atoms with Gasteiger partial charge in [0.05, 0.1) is 24.2 Å². The summed E-state index contributed by atoms with van der Waals surface area (Å²) in [7, 11) is 0.931. The van der Waals surface area contributed by atoms with Crippen molar-refractivity contribution in [3.05, 3.63) is 29.8 Å². The molecule has 0 amide bonds. The number of ketones is 1. The Morgan fingerprint density at radius 3 is 2.08 bits per heavy atom. The molecule has 0 spiro atoms. The predicted octanol–water partition coefficient (Wildman–Crippen LogP) is 2.76. The Balaban J connectivity index is 1.74. The van der Waals surface area contributed by atoms with Crippen LogP contribution in [0.25, 0.3) is 0 Å². The Kier molecular flexibility index (Phi) is 5.01. The van der Waals surface area contributed by atoms with E-state index in [2.05, 4.69) is 0 Å². The van der Waals surface area contributed by atoms with Crippen LogP contribution in [0.5, 0.6) is 0 Å². The molecule has 26 heavy (non-hydrogen) atoms. The number of methoxy groups -OCH3 is 1. The van der Waals surface area contributed by atoms with E-state index >= 15 is 0 Å². The van der Waals surface area contributed by atoms with E-state index in [0.29, 0.717) is 5.56 Å². The first kappa shape index (κ1) is 19.1. The zero-order valence-corrected chi connectivity index (χ0v) is 16.2. The van der Waals surface area contributed by atoms with Crippen LogP contribution in [0.3, 0.4) is 0 Å². The van der Waals surface area contributed by atoms with Gasteiger partial charge in [-0.25, -0.2) is 0 Å². The SMILES string of the molecule is COC(=O)[C@@H]1CCC[C@H]1C(=O)c1ccc(B2OC(C)(C)C(C)(C)O2)cc1. The van der Waals surface area contributed by atoms with Crippen molar-refractivity contribution < 1.29 is 23.6 Å². The van der Waals surface area contributed by atoms with Crippen molar-refractivity contribution >= 4 is 24.3 Å². The zero-order chi connectivity index (χ0) is 19.1. The first-order valence-electron chi connectivity index (χ1n) is 9.24. The van der Waals surface area contributed by atoms with Crippen LogP contribution >= 0.6 is 0 Å². The average molecular weight is 358 g/mol. The van der Waals surface area contributed by atoms with Crippen LogP contribution in [0, 0.1) is 11.8 Å². The minimum atomic E-state index is -0.446. The average Bonchev–Trinajstić information content (AvgIpc) is 3.16. The molecule has 1 aliphatic carbocycles. The van der Waals surface area contributed by atoms with Crippen molar-refractivity contribution in [1.82, 2.24) is 0 Å². The van der Waals surface area contributed by atoms with Crippen molar-refractivity contribution in [1.29, 1.82) is 0 Å². The van der Waals surface area contributed by atoms with Crippen molar-refractivity contribution in [2.45, 2.75) is 58.2 Å². The number of ether oxygens (including phenoxy) is 1. The van der Waals surface area contributed by atoms with Gasteiger partial charge in [0.2, 0.25) is 0 Å². The van der Waals surface area contributed by atoms with Gasteiger partial charge in [0.1, 0.15) is 0 Å². The van der Waals surface area contributed by atoms with Crippen LogP contribution < -0.4 is 5.46 Å². The fraction of sp³-hybridized carbons (Fsp3) is 0.600. The summed E-state index contributed by atoms with van der Waals surface area (Å²) in [4.78, 5) is 24.7. The molecule has 1 saturated heterocycles. The Morgan fingerprint density at radius 1 is 1.00 bits per heavy atom. The maximum absolute atomic E-state index is 12.8. The molecule has 0 bridgehead atoms. The molecular formula is C20H27BO5. The van der Waals surface area contributed by atoms with Gasteiger partial charge in [0.15, 0.2) is 5.78 Å². The molecular weight excluding hydrogens is 331 g/mol. The zero-order valence-electron chi connectivity index (χ0n) is 16.2. The van der Waals surface area contributed by atoms with E-state index < -0.39 is 18.3 Å². The summed E-state index contributed by atoms with van der Waals surface area (Å²) in [5, 5.41) is 0. The van der Waals surface area contributed by atoms with Gasteiger partial charge in [0, 0.05) is 11.5 Å². The molecule has 0 aromatic heterocycles. The Labute approximate surface area is 155 Å². The molecule has 140 valence electrons. The first-order valence-corrected chi connectivity index (χ1v) is 9.24. The van der Waals surface area contributed by atoms with Crippen LogP contribution in [0.1, 0.15) is 57.3 Å². The lowest BCUT2D eigenvalue weighted by Crippen LogP contribution is -2.41. The van der Waals surface area contributed by atoms with E-state index in [1.54, 1.807) is 12.1 Å². The largest absolute Gasteiger partial charge is 0.494 e. The number of hydrogen-bond donors (Lipinski definition) is 0. The number of Topliss-reactive ketones (excluding diaryl/α,β-unsaturated/α-hetero) is 1. The third-order valence-electron chi connectivity index (χ3n) is 6.08. The van der Waals surface area contributed by atoms with Gasteiger partial charge in [-0.15, -0.1) is 0 Å². The number of hydrogen-bond acceptors (Lipinski definition) is 5. The molecule has 1 aromatic carbocycles. The second kappa shape index (κ2) is 6.82. The van der Waals surface area contributed by atoms with Gasteiger partial charge in [0.25, 0.3) is 0 Å². The molecule has 1 aromatic rings. The van der Waals surface area contributed by atoms with Gasteiger partial charge < -0.3 is 14.0 Å². The minimum absolute atomic E-state index is 0.0124. The van der Waals surface area contributed by atoms with Crippen LogP contribution in [0.4, 0.5) is 0 Å². The third-order valence-corrected chi connectivity index (χ3v) is 6.08. The Bertz CT molecular complexity index is 679. The highest BCUT2D eigenvalue weighted by Crippen LogP contribution is 2.37. The molecule has 1 aliphatic heterocycles. The van der Waals surface area contributed by atoms with E-state index in [-0.39, 0.29) is 23.6 Å². The van der Waals surface area contributed by atoms with E-state index in [1.807, 2.05) is 39.8 Å². The number of esters is 1. The smallest absolute Gasteiger partial charge is 0.469 e. The predicted molar refractivity (Wildman–Crippen MR) is 99.3 cm³/mol. The van der Waals surface area contributed by atoms with Gasteiger partial charge in [-0.1, -0.05) is 30.7 Å². The lowest BCUT2D eigenvalue weighted by molar-refractivity contribution is -0.146. The number of benzene rings is 1. The maximum atomic E-state index is 12.8. The van der Waals surface area contributed by atoms with Crippen LogP contribution in [-0.4, -0.2) is 37.2 Å². The van der Waals surface area contributed by atoms with Gasteiger partial charge in [-0.3, -0.25) is 9.59 Å². The van der Waals surface area contributed by atoms with Crippen molar-refractivity contribution in [3.8, 4) is 0 Å². The Hall–Kier alpha value is -1.66. The summed E-state index contributed by atoms with van der Waals surface area (Å²) < 4.78 is 16.9. The molecule has 5 nitrogen and oxygen atoms in total. The van der Waals surface area contributed by atoms with Crippen LogP contribution in [-0.2, 0) is 18.8 Å². The van der Waals surface area contributed by atoms with Crippen molar-refractivity contribution in [3.63, 3.8) is 0 Å². The molecule has 2 fully saturated rings. The van der Waals surface area contributed by atoms with E-state index in [0.717, 1.165) is 24.7 Å². The summed E-state index contributed by atoms with van der Waals surface area (Å²) in [6.45, 7) is 8.05. The summed E-state index contributed by atoms with van der Waals surface area (Å²) in [5.41, 5.74) is 0.704. The number of carbonyl (C=O) groups is 2. The molecule has 0 N–H and O–H groups in total. The van der Waals surface area contributed by atoms with Crippen LogP contribution in [0.2, 0.25) is 0 Å². The quantitative estimate of drug-likeness (QED) is 0.471. The van der Waals surface area contributed by atoms with E-state index in [1.165, 1.54) is 7.11 Å². The molecule has 0 radical (unpaired) electrons. The standard InChI is InChI=1S/C20H27BO5/c1-19(2)20(3,4)26-21(25-19)14-11-9-13(10-12-14)17(22)15-7-6-8-16(15)18(23)24-5/h9-12,15-16H,6-8H2,1-5H3/t15-,16-/m1/s1. The third kappa shape index (κ3) is 3.32. The maximum Gasteiger partial charge on any atom is 0.494 e. The van der Waals surface area contributed by atoms with Crippen molar-refractivity contribution in [2.75, 3.05) is 7.11 Å². The highest BCUT2D eigenvalue weighted by molar-refractivity contribution is 6.62. The highest BCUT2D eigenvalue weighted by atomic mass is 16.7. The normalized spacial score (nSPS) is 26.7. The lowest BCUT2D eigenvalue weighted by atomic mass is 9.78. The molecule has 1 saturated carbocycles. The lowest BCUT2D eigenvalue weighted by Gasteiger charge is -2.32. The molecule has 6 heteroatoms. The second-order valence-corrected chi connectivity index (χ2v) is 8.24. The fourth-order valence-corrected chi connectivity index (χ4v) is 3.71. The van der Waals surface area contributed by atoms with E-state index in [9.17, 15) is 9.59 Å². The van der Waals surface area contributed by atoms with Gasteiger partial charge in [-0.2, -0.15) is 0 Å². The molecule has 2 aliphatic rings. The summed E-state index contributed by atoms with van der Waals surface area (Å²) in [6, 6.07) is 7.35. The van der Waals surface area contributed by atoms with E-state index in [4.69, 9.17) is 14.0 Å². The summed E-state index contributed by atoms with van der Waals surface area (Å²) in [5.74, 6) is -0.881. The molecule has 0 unspecified atom stereocenters.